The minimum Gasteiger partial charge on any atom is -0.478 e. The molecule has 90 valence electrons. The third kappa shape index (κ3) is 1.56. The van der Waals surface area contributed by atoms with Gasteiger partial charge in [0.2, 0.25) is 0 Å². The van der Waals surface area contributed by atoms with E-state index in [-0.39, 0.29) is 5.56 Å². The van der Waals surface area contributed by atoms with E-state index in [1.165, 1.54) is 28.5 Å². The zero-order valence-corrected chi connectivity index (χ0v) is 10.2. The fraction of sp³-hybridized carbons (Fsp3) is 0.0909. The molecule has 3 aromatic heterocycles. The lowest BCUT2D eigenvalue weighted by Gasteiger charge is -2.00. The number of nitrogens with zero attached hydrogens (tertiary/aromatic N) is 4. The summed E-state index contributed by atoms with van der Waals surface area (Å²) in [6.45, 7) is 1.66. The number of carbonyl (C=O) groups is 1. The van der Waals surface area contributed by atoms with Gasteiger partial charge in [-0.2, -0.15) is 5.10 Å². The SMILES string of the molecule is Cc1nn(-c2ncnc3sccc23)cc1C(=O)O. The average Bonchev–Trinajstić information content (AvgIpc) is 2.94. The van der Waals surface area contributed by atoms with Crippen LogP contribution in [0.2, 0.25) is 0 Å². The average molecular weight is 260 g/mol. The molecule has 0 bridgehead atoms. The van der Waals surface area contributed by atoms with Crippen molar-refractivity contribution in [1.29, 1.82) is 0 Å². The Hall–Kier alpha value is -2.28. The molecule has 3 aromatic rings. The second-order valence-corrected chi connectivity index (χ2v) is 4.61. The zero-order chi connectivity index (χ0) is 12.7. The van der Waals surface area contributed by atoms with Crippen LogP contribution >= 0.6 is 11.3 Å². The summed E-state index contributed by atoms with van der Waals surface area (Å²) in [4.78, 5) is 20.2. The first-order valence-corrected chi connectivity index (χ1v) is 6.03. The Balaban J connectivity index is 2.23. The largest absolute Gasteiger partial charge is 0.478 e. The van der Waals surface area contributed by atoms with Gasteiger partial charge in [0.25, 0.3) is 0 Å². The first-order valence-electron chi connectivity index (χ1n) is 5.15. The maximum atomic E-state index is 11.0. The maximum Gasteiger partial charge on any atom is 0.339 e. The molecule has 0 saturated heterocycles. The maximum absolute atomic E-state index is 11.0. The van der Waals surface area contributed by atoms with Crippen molar-refractivity contribution in [2.24, 2.45) is 0 Å². The summed E-state index contributed by atoms with van der Waals surface area (Å²) in [5.41, 5.74) is 0.640. The van der Waals surface area contributed by atoms with Crippen molar-refractivity contribution >= 4 is 27.5 Å². The molecule has 1 N–H and O–H groups in total. The lowest BCUT2D eigenvalue weighted by Crippen LogP contribution is -1.99. The summed E-state index contributed by atoms with van der Waals surface area (Å²) in [5, 5.41) is 16.0. The summed E-state index contributed by atoms with van der Waals surface area (Å²) in [7, 11) is 0. The van der Waals surface area contributed by atoms with Crippen LogP contribution in [0.1, 0.15) is 16.1 Å². The van der Waals surface area contributed by atoms with Crippen molar-refractivity contribution in [1.82, 2.24) is 19.7 Å². The van der Waals surface area contributed by atoms with Gasteiger partial charge in [-0.25, -0.2) is 19.4 Å². The predicted molar refractivity (Wildman–Crippen MR) is 66.2 cm³/mol. The number of aromatic nitrogens is 4. The van der Waals surface area contributed by atoms with Gasteiger partial charge in [0.05, 0.1) is 11.1 Å². The monoisotopic (exact) mass is 260 g/mol. The van der Waals surface area contributed by atoms with Crippen molar-refractivity contribution in [2.45, 2.75) is 6.92 Å². The van der Waals surface area contributed by atoms with Gasteiger partial charge < -0.3 is 5.11 Å². The highest BCUT2D eigenvalue weighted by Gasteiger charge is 2.15. The zero-order valence-electron chi connectivity index (χ0n) is 9.36. The lowest BCUT2D eigenvalue weighted by atomic mass is 10.3. The van der Waals surface area contributed by atoms with E-state index in [4.69, 9.17) is 5.11 Å². The standard InChI is InChI=1S/C11H8N4O2S/c1-6-8(11(16)17)4-15(14-6)9-7-2-3-18-10(7)13-5-12-9/h2-5H,1H3,(H,16,17). The molecule has 0 saturated carbocycles. The molecular formula is C11H8N4O2S. The van der Waals surface area contributed by atoms with Crippen molar-refractivity contribution in [3.05, 3.63) is 35.2 Å². The Morgan fingerprint density at radius 1 is 1.44 bits per heavy atom. The molecule has 3 rings (SSSR count). The van der Waals surface area contributed by atoms with E-state index in [9.17, 15) is 4.79 Å². The van der Waals surface area contributed by atoms with Crippen LogP contribution in [0, 0.1) is 6.92 Å². The van der Waals surface area contributed by atoms with E-state index in [1.54, 1.807) is 6.92 Å². The Morgan fingerprint density at radius 2 is 2.28 bits per heavy atom. The van der Waals surface area contributed by atoms with Crippen molar-refractivity contribution in [3.63, 3.8) is 0 Å². The molecule has 0 aliphatic rings. The smallest absolute Gasteiger partial charge is 0.339 e. The molecule has 0 amide bonds. The van der Waals surface area contributed by atoms with Crippen LogP contribution in [0.3, 0.4) is 0 Å². The van der Waals surface area contributed by atoms with Crippen LogP contribution in [-0.4, -0.2) is 30.8 Å². The fourth-order valence-corrected chi connectivity index (χ4v) is 2.47. The molecule has 0 aliphatic heterocycles. The quantitative estimate of drug-likeness (QED) is 0.760. The molecule has 7 heteroatoms. The Labute approximate surface area is 106 Å². The van der Waals surface area contributed by atoms with Gasteiger partial charge in [-0.1, -0.05) is 0 Å². The van der Waals surface area contributed by atoms with E-state index >= 15 is 0 Å². The Morgan fingerprint density at radius 3 is 3.00 bits per heavy atom. The van der Waals surface area contributed by atoms with Crippen LogP contribution in [0.25, 0.3) is 16.0 Å². The number of thiophene rings is 1. The molecule has 0 radical (unpaired) electrons. The highest BCUT2D eigenvalue weighted by Crippen LogP contribution is 2.23. The van der Waals surface area contributed by atoms with E-state index in [2.05, 4.69) is 15.1 Å². The minimum absolute atomic E-state index is 0.178. The molecule has 0 aliphatic carbocycles. The number of aryl methyl sites for hydroxylation is 1. The summed E-state index contributed by atoms with van der Waals surface area (Å²) in [6.07, 6.45) is 2.92. The van der Waals surface area contributed by atoms with Gasteiger partial charge in [-0.15, -0.1) is 11.3 Å². The summed E-state index contributed by atoms with van der Waals surface area (Å²) in [5.74, 6) is -0.397. The molecule has 3 heterocycles. The third-order valence-electron chi connectivity index (χ3n) is 2.59. The second kappa shape index (κ2) is 3.88. The van der Waals surface area contributed by atoms with E-state index in [0.717, 1.165) is 10.2 Å². The first kappa shape index (κ1) is 10.8. The lowest BCUT2D eigenvalue weighted by molar-refractivity contribution is 0.0696. The van der Waals surface area contributed by atoms with Crippen molar-refractivity contribution < 1.29 is 9.90 Å². The van der Waals surface area contributed by atoms with Crippen LogP contribution in [0.5, 0.6) is 0 Å². The molecule has 18 heavy (non-hydrogen) atoms. The van der Waals surface area contributed by atoms with Gasteiger partial charge in [0, 0.05) is 6.20 Å². The minimum atomic E-state index is -0.991. The second-order valence-electron chi connectivity index (χ2n) is 3.71. The van der Waals surface area contributed by atoms with Crippen LogP contribution < -0.4 is 0 Å². The molecule has 0 fully saturated rings. The molecule has 0 atom stereocenters. The van der Waals surface area contributed by atoms with Crippen LogP contribution in [0.15, 0.2) is 24.0 Å². The molecule has 6 nitrogen and oxygen atoms in total. The van der Waals surface area contributed by atoms with Gasteiger partial charge in [0.15, 0.2) is 5.82 Å². The van der Waals surface area contributed by atoms with Crippen LogP contribution in [0.4, 0.5) is 0 Å². The molecular weight excluding hydrogens is 252 g/mol. The van der Waals surface area contributed by atoms with Gasteiger partial charge in [-0.05, 0) is 18.4 Å². The number of fused-ring (bicyclic) bond motifs is 1. The summed E-state index contributed by atoms with van der Waals surface area (Å²) in [6, 6.07) is 1.90. The van der Waals surface area contributed by atoms with E-state index in [1.807, 2.05) is 11.4 Å². The number of rotatable bonds is 2. The van der Waals surface area contributed by atoms with E-state index in [0.29, 0.717) is 11.5 Å². The van der Waals surface area contributed by atoms with Crippen molar-refractivity contribution in [3.8, 4) is 5.82 Å². The normalized spacial score (nSPS) is 10.9. The Kier molecular flexibility index (Phi) is 2.34. The summed E-state index contributed by atoms with van der Waals surface area (Å²) < 4.78 is 1.48. The highest BCUT2D eigenvalue weighted by atomic mass is 32.1. The van der Waals surface area contributed by atoms with Gasteiger partial charge >= 0.3 is 5.97 Å². The van der Waals surface area contributed by atoms with Crippen LogP contribution in [-0.2, 0) is 0 Å². The molecule has 0 unspecified atom stereocenters. The van der Waals surface area contributed by atoms with Crippen molar-refractivity contribution in [2.75, 3.05) is 0 Å². The molecule has 0 spiro atoms. The topological polar surface area (TPSA) is 80.9 Å². The fourth-order valence-electron chi connectivity index (χ4n) is 1.74. The highest BCUT2D eigenvalue weighted by molar-refractivity contribution is 7.16. The number of carboxylic acid groups (broad SMARTS) is 1. The Bertz CT molecular complexity index is 746. The first-order chi connectivity index (χ1) is 8.66. The molecule has 0 aromatic carbocycles. The van der Waals surface area contributed by atoms with Gasteiger partial charge in [0.1, 0.15) is 16.7 Å². The number of hydrogen-bond donors (Lipinski definition) is 1. The number of aromatic carboxylic acids is 1. The number of carboxylic acids is 1. The summed E-state index contributed by atoms with van der Waals surface area (Å²) >= 11 is 1.50. The number of hydrogen-bond acceptors (Lipinski definition) is 5. The van der Waals surface area contributed by atoms with Gasteiger partial charge in [-0.3, -0.25) is 0 Å². The van der Waals surface area contributed by atoms with E-state index < -0.39 is 5.97 Å². The third-order valence-corrected chi connectivity index (χ3v) is 3.41. The predicted octanol–water partition coefficient (Wildman–Crippen LogP) is 1.88.